The van der Waals surface area contributed by atoms with Crippen molar-refractivity contribution >= 4 is 17.8 Å². The third kappa shape index (κ3) is 3.53. The summed E-state index contributed by atoms with van der Waals surface area (Å²) in [6.45, 7) is 7.98. The molecule has 0 spiro atoms. The van der Waals surface area contributed by atoms with Gasteiger partial charge in [0.15, 0.2) is 0 Å². The Hall–Kier alpha value is -1.63. The van der Waals surface area contributed by atoms with Crippen LogP contribution in [0.3, 0.4) is 0 Å². The van der Waals surface area contributed by atoms with Crippen molar-refractivity contribution in [3.05, 3.63) is 0 Å². The minimum absolute atomic E-state index is 0.566. The molecule has 1 unspecified atom stereocenters. The van der Waals surface area contributed by atoms with Gasteiger partial charge in [0.05, 0.1) is 0 Å². The molecule has 1 aromatic heterocycles. The monoisotopic (exact) mass is 293 g/mol. The molecule has 1 atom stereocenters. The lowest BCUT2D eigenvalue weighted by atomic mass is 10.2. The third-order valence-corrected chi connectivity index (χ3v) is 4.06. The van der Waals surface area contributed by atoms with E-state index < -0.39 is 0 Å². The van der Waals surface area contributed by atoms with E-state index in [1.165, 1.54) is 0 Å². The van der Waals surface area contributed by atoms with Crippen LogP contribution in [0.4, 0.5) is 17.8 Å². The summed E-state index contributed by atoms with van der Waals surface area (Å²) in [6, 6.07) is 0.566. The first kappa shape index (κ1) is 15.8. The van der Waals surface area contributed by atoms with E-state index in [2.05, 4.69) is 62.9 Å². The smallest absolute Gasteiger partial charge is 0.232 e. The van der Waals surface area contributed by atoms with Gasteiger partial charge in [-0.05, 0) is 34.4 Å². The summed E-state index contributed by atoms with van der Waals surface area (Å²) < 4.78 is 0. The van der Waals surface area contributed by atoms with E-state index in [-0.39, 0.29) is 0 Å². The highest BCUT2D eigenvalue weighted by molar-refractivity contribution is 5.45. The van der Waals surface area contributed by atoms with Crippen LogP contribution in [-0.2, 0) is 0 Å². The quantitative estimate of drug-likeness (QED) is 0.836. The molecule has 0 amide bonds. The molecular formula is C14H27N7. The molecule has 1 saturated heterocycles. The van der Waals surface area contributed by atoms with Crippen molar-refractivity contribution in [2.45, 2.75) is 26.3 Å². The molecule has 2 rings (SSSR count). The Morgan fingerprint density at radius 1 is 1.19 bits per heavy atom. The average Bonchev–Trinajstić information content (AvgIpc) is 2.98. The molecule has 0 saturated carbocycles. The van der Waals surface area contributed by atoms with Crippen molar-refractivity contribution in [2.75, 3.05) is 62.4 Å². The summed E-state index contributed by atoms with van der Waals surface area (Å²) in [7, 11) is 6.10. The van der Waals surface area contributed by atoms with E-state index in [1.807, 2.05) is 7.05 Å². The molecule has 2 heterocycles. The maximum atomic E-state index is 4.67. The van der Waals surface area contributed by atoms with Crippen LogP contribution in [0.15, 0.2) is 0 Å². The predicted molar refractivity (Wildman–Crippen MR) is 87.2 cm³/mol. The van der Waals surface area contributed by atoms with Gasteiger partial charge in [0, 0.05) is 39.3 Å². The van der Waals surface area contributed by atoms with Gasteiger partial charge in [-0.25, -0.2) is 0 Å². The van der Waals surface area contributed by atoms with Crippen LogP contribution >= 0.6 is 0 Å². The zero-order valence-corrected chi connectivity index (χ0v) is 13.8. The molecule has 1 aromatic rings. The molecule has 7 heteroatoms. The van der Waals surface area contributed by atoms with Crippen molar-refractivity contribution in [3.63, 3.8) is 0 Å². The summed E-state index contributed by atoms with van der Waals surface area (Å²) in [5, 5.41) is 3.04. The number of likely N-dealkylation sites (N-methyl/N-ethyl adjacent to an activating group) is 1. The summed E-state index contributed by atoms with van der Waals surface area (Å²) in [6.07, 6.45) is 1.15. The Morgan fingerprint density at radius 2 is 1.90 bits per heavy atom. The van der Waals surface area contributed by atoms with Crippen molar-refractivity contribution in [1.82, 2.24) is 19.9 Å². The molecule has 1 aliphatic heterocycles. The Labute approximate surface area is 127 Å². The molecule has 1 fully saturated rings. The van der Waals surface area contributed by atoms with E-state index >= 15 is 0 Å². The van der Waals surface area contributed by atoms with Crippen molar-refractivity contribution in [1.29, 1.82) is 0 Å². The summed E-state index contributed by atoms with van der Waals surface area (Å²) in [4.78, 5) is 20.3. The number of nitrogens with one attached hydrogen (secondary N) is 1. The average molecular weight is 293 g/mol. The van der Waals surface area contributed by atoms with Gasteiger partial charge < -0.3 is 20.0 Å². The molecular weight excluding hydrogens is 266 g/mol. The van der Waals surface area contributed by atoms with Gasteiger partial charge >= 0.3 is 0 Å². The Morgan fingerprint density at radius 3 is 2.43 bits per heavy atom. The minimum atomic E-state index is 0.566. The lowest BCUT2D eigenvalue weighted by Gasteiger charge is -2.23. The molecule has 0 aromatic carbocycles. The van der Waals surface area contributed by atoms with Crippen LogP contribution in [0.25, 0.3) is 0 Å². The molecule has 0 radical (unpaired) electrons. The highest BCUT2D eigenvalue weighted by atomic mass is 15.4. The van der Waals surface area contributed by atoms with Crippen LogP contribution in [0.5, 0.6) is 0 Å². The number of hydrogen-bond donors (Lipinski definition) is 1. The van der Waals surface area contributed by atoms with Crippen molar-refractivity contribution in [2.24, 2.45) is 0 Å². The number of hydrogen-bond acceptors (Lipinski definition) is 7. The molecule has 1 N–H and O–H groups in total. The van der Waals surface area contributed by atoms with Gasteiger partial charge in [0.1, 0.15) is 0 Å². The second kappa shape index (κ2) is 6.89. The van der Waals surface area contributed by atoms with E-state index in [0.717, 1.165) is 44.5 Å². The van der Waals surface area contributed by atoms with Crippen LogP contribution in [0.2, 0.25) is 0 Å². The zero-order valence-electron chi connectivity index (χ0n) is 13.8. The fourth-order valence-corrected chi connectivity index (χ4v) is 2.60. The van der Waals surface area contributed by atoms with Crippen LogP contribution in [-0.4, -0.2) is 73.2 Å². The fourth-order valence-electron chi connectivity index (χ4n) is 2.60. The Bertz CT molecular complexity index is 459. The first-order chi connectivity index (χ1) is 10.1. The molecule has 21 heavy (non-hydrogen) atoms. The molecule has 0 bridgehead atoms. The van der Waals surface area contributed by atoms with E-state index in [0.29, 0.717) is 12.0 Å². The first-order valence-electron chi connectivity index (χ1n) is 7.69. The van der Waals surface area contributed by atoms with Gasteiger partial charge in [0.2, 0.25) is 17.8 Å². The predicted octanol–water partition coefficient (Wildman–Crippen LogP) is 0.900. The normalized spacial score (nSPS) is 18.4. The van der Waals surface area contributed by atoms with E-state index in [1.54, 1.807) is 0 Å². The van der Waals surface area contributed by atoms with Crippen molar-refractivity contribution in [3.8, 4) is 0 Å². The maximum Gasteiger partial charge on any atom is 0.232 e. The van der Waals surface area contributed by atoms with Crippen LogP contribution in [0, 0.1) is 0 Å². The zero-order chi connectivity index (χ0) is 15.4. The van der Waals surface area contributed by atoms with Gasteiger partial charge in [0.25, 0.3) is 0 Å². The molecule has 1 aliphatic rings. The Kier molecular flexibility index (Phi) is 5.17. The molecule has 7 nitrogen and oxygen atoms in total. The first-order valence-corrected chi connectivity index (χ1v) is 7.69. The number of aromatic nitrogens is 3. The number of anilines is 3. The standard InChI is InChI=1S/C14H27N7/c1-6-20(7-2)13-16-12(15-3)17-14(18-13)21-9-8-11(10-21)19(4)5/h11H,6-10H2,1-5H3,(H,15,16,17,18). The van der Waals surface area contributed by atoms with Gasteiger partial charge in [-0.2, -0.15) is 15.0 Å². The second-order valence-corrected chi connectivity index (χ2v) is 5.53. The van der Waals surface area contributed by atoms with Crippen molar-refractivity contribution < 1.29 is 0 Å². The number of rotatable bonds is 6. The Balaban J connectivity index is 2.25. The lowest BCUT2D eigenvalue weighted by Crippen LogP contribution is -2.32. The largest absolute Gasteiger partial charge is 0.357 e. The van der Waals surface area contributed by atoms with Gasteiger partial charge in [-0.15, -0.1) is 0 Å². The van der Waals surface area contributed by atoms with E-state index in [4.69, 9.17) is 0 Å². The summed E-state index contributed by atoms with van der Waals surface area (Å²) in [5.74, 6) is 2.17. The second-order valence-electron chi connectivity index (χ2n) is 5.53. The maximum absolute atomic E-state index is 4.67. The van der Waals surface area contributed by atoms with Crippen LogP contribution in [0.1, 0.15) is 20.3 Å². The molecule has 118 valence electrons. The lowest BCUT2D eigenvalue weighted by molar-refractivity contribution is 0.315. The highest BCUT2D eigenvalue weighted by Crippen LogP contribution is 2.21. The molecule has 0 aliphatic carbocycles. The van der Waals surface area contributed by atoms with E-state index in [9.17, 15) is 0 Å². The topological polar surface area (TPSA) is 60.4 Å². The highest BCUT2D eigenvalue weighted by Gasteiger charge is 2.26. The van der Waals surface area contributed by atoms with Crippen LogP contribution < -0.4 is 15.1 Å². The minimum Gasteiger partial charge on any atom is -0.357 e. The number of nitrogens with zero attached hydrogens (tertiary/aromatic N) is 6. The third-order valence-electron chi connectivity index (χ3n) is 4.06. The summed E-state index contributed by atoms with van der Waals surface area (Å²) >= 11 is 0. The fraction of sp³-hybridized carbons (Fsp3) is 0.786. The SMILES string of the molecule is CCN(CC)c1nc(NC)nc(N2CCC(N(C)C)C2)n1. The van der Waals surface area contributed by atoms with Gasteiger partial charge in [-0.3, -0.25) is 0 Å². The summed E-state index contributed by atoms with van der Waals surface area (Å²) in [5.41, 5.74) is 0. The van der Waals surface area contributed by atoms with Gasteiger partial charge in [-0.1, -0.05) is 0 Å².